The predicted octanol–water partition coefficient (Wildman–Crippen LogP) is 1.20. The number of pyridine rings is 1. The quantitative estimate of drug-likeness (QED) is 0.866. The van der Waals surface area contributed by atoms with E-state index in [4.69, 9.17) is 0 Å². The molecule has 24 heavy (non-hydrogen) atoms. The molecule has 0 aliphatic carbocycles. The molecule has 2 aromatic rings. The lowest BCUT2D eigenvalue weighted by molar-refractivity contribution is 0.0713. The third-order valence-electron chi connectivity index (χ3n) is 4.64. The lowest BCUT2D eigenvalue weighted by Gasteiger charge is -2.35. The van der Waals surface area contributed by atoms with Crippen LogP contribution >= 0.6 is 0 Å². The van der Waals surface area contributed by atoms with Gasteiger partial charge in [0.1, 0.15) is 0 Å². The zero-order valence-corrected chi connectivity index (χ0v) is 13.9. The molecule has 0 unspecified atom stereocenters. The summed E-state index contributed by atoms with van der Waals surface area (Å²) in [5.74, 6) is 0. The minimum absolute atomic E-state index is 0.0575. The molecule has 3 rings (SSSR count). The highest BCUT2D eigenvalue weighted by atomic mass is 16.3. The van der Waals surface area contributed by atoms with Gasteiger partial charge in [-0.1, -0.05) is 36.4 Å². The van der Waals surface area contributed by atoms with Crippen molar-refractivity contribution in [3.8, 4) is 0 Å². The Morgan fingerprint density at radius 1 is 0.875 bits per heavy atom. The summed E-state index contributed by atoms with van der Waals surface area (Å²) in [4.78, 5) is 16.4. The highest BCUT2D eigenvalue weighted by Gasteiger charge is 2.19. The summed E-state index contributed by atoms with van der Waals surface area (Å²) in [7, 11) is 0. The molecule has 1 aliphatic rings. The number of rotatable bonds is 6. The highest BCUT2D eigenvalue weighted by molar-refractivity contribution is 5.17. The molecule has 1 aliphatic heterocycles. The maximum absolute atomic E-state index is 11.7. The van der Waals surface area contributed by atoms with E-state index in [1.807, 2.05) is 42.6 Å². The van der Waals surface area contributed by atoms with Gasteiger partial charge in [0.2, 0.25) is 0 Å². The number of hydrogen-bond donors (Lipinski definition) is 1. The first-order valence-electron chi connectivity index (χ1n) is 8.55. The van der Waals surface area contributed by atoms with Crippen molar-refractivity contribution in [2.24, 2.45) is 0 Å². The highest BCUT2D eigenvalue weighted by Crippen LogP contribution is 2.14. The van der Waals surface area contributed by atoms with Gasteiger partial charge >= 0.3 is 0 Å². The Kier molecular flexibility index (Phi) is 5.80. The molecule has 1 fully saturated rings. The normalized spacial score (nSPS) is 17.7. The van der Waals surface area contributed by atoms with Crippen LogP contribution in [0.1, 0.15) is 11.7 Å². The van der Waals surface area contributed by atoms with Crippen LogP contribution in [0.4, 0.5) is 0 Å². The smallest absolute Gasteiger partial charge is 0.250 e. The van der Waals surface area contributed by atoms with E-state index in [0.29, 0.717) is 6.54 Å². The molecule has 0 amide bonds. The molecule has 1 N–H and O–H groups in total. The van der Waals surface area contributed by atoms with Gasteiger partial charge in [-0.3, -0.25) is 14.6 Å². The second kappa shape index (κ2) is 8.24. The molecule has 0 saturated carbocycles. The van der Waals surface area contributed by atoms with Crippen molar-refractivity contribution in [1.82, 2.24) is 14.4 Å². The van der Waals surface area contributed by atoms with E-state index in [-0.39, 0.29) is 5.56 Å². The monoisotopic (exact) mass is 327 g/mol. The van der Waals surface area contributed by atoms with E-state index in [1.54, 1.807) is 16.7 Å². The fourth-order valence-electron chi connectivity index (χ4n) is 3.12. The van der Waals surface area contributed by atoms with Crippen molar-refractivity contribution in [2.75, 3.05) is 39.3 Å². The fourth-order valence-corrected chi connectivity index (χ4v) is 3.12. The summed E-state index contributed by atoms with van der Waals surface area (Å²) >= 11 is 0. The molecule has 0 radical (unpaired) electrons. The number of aliphatic hydroxyl groups excluding tert-OH is 1. The lowest BCUT2D eigenvalue weighted by Crippen LogP contribution is -2.48. The molecule has 0 spiro atoms. The van der Waals surface area contributed by atoms with Gasteiger partial charge in [-0.2, -0.15) is 0 Å². The average Bonchev–Trinajstić information content (AvgIpc) is 2.63. The van der Waals surface area contributed by atoms with Crippen LogP contribution < -0.4 is 5.56 Å². The van der Waals surface area contributed by atoms with E-state index in [2.05, 4.69) is 9.80 Å². The van der Waals surface area contributed by atoms with Crippen molar-refractivity contribution in [3.63, 3.8) is 0 Å². The minimum atomic E-state index is -0.430. The van der Waals surface area contributed by atoms with E-state index < -0.39 is 6.10 Å². The van der Waals surface area contributed by atoms with E-state index >= 15 is 0 Å². The van der Waals surface area contributed by atoms with Crippen molar-refractivity contribution >= 4 is 0 Å². The maximum Gasteiger partial charge on any atom is 0.250 e. The maximum atomic E-state index is 11.7. The van der Waals surface area contributed by atoms with Crippen molar-refractivity contribution < 1.29 is 5.11 Å². The van der Waals surface area contributed by atoms with Gasteiger partial charge in [-0.25, -0.2) is 0 Å². The van der Waals surface area contributed by atoms with Gasteiger partial charge < -0.3 is 9.67 Å². The number of β-amino-alcohol motifs (C(OH)–C–C–N with tert-alkyl or cyclic N) is 1. The van der Waals surface area contributed by atoms with Crippen LogP contribution in [0, 0.1) is 0 Å². The van der Waals surface area contributed by atoms with Crippen LogP contribution in [0.25, 0.3) is 0 Å². The van der Waals surface area contributed by atoms with Crippen molar-refractivity contribution in [2.45, 2.75) is 12.6 Å². The van der Waals surface area contributed by atoms with Crippen LogP contribution in [-0.2, 0) is 6.54 Å². The van der Waals surface area contributed by atoms with Crippen molar-refractivity contribution in [1.29, 1.82) is 0 Å². The van der Waals surface area contributed by atoms with Crippen molar-refractivity contribution in [3.05, 3.63) is 70.6 Å². The third-order valence-corrected chi connectivity index (χ3v) is 4.64. The first kappa shape index (κ1) is 16.9. The summed E-state index contributed by atoms with van der Waals surface area (Å²) in [5.41, 5.74) is 1.03. The third kappa shape index (κ3) is 4.54. The van der Waals surface area contributed by atoms with Crippen LogP contribution in [-0.4, -0.2) is 58.7 Å². The Morgan fingerprint density at radius 3 is 2.25 bits per heavy atom. The lowest BCUT2D eigenvalue weighted by atomic mass is 10.1. The van der Waals surface area contributed by atoms with Gasteiger partial charge in [0, 0.05) is 58.1 Å². The van der Waals surface area contributed by atoms with E-state index in [9.17, 15) is 9.90 Å². The van der Waals surface area contributed by atoms with Crippen LogP contribution in [0.2, 0.25) is 0 Å². The Bertz CT molecular complexity index is 678. The van der Waals surface area contributed by atoms with Gasteiger partial charge in [0.25, 0.3) is 5.56 Å². The second-order valence-electron chi connectivity index (χ2n) is 6.30. The largest absolute Gasteiger partial charge is 0.387 e. The molecule has 1 aromatic carbocycles. The van der Waals surface area contributed by atoms with Crippen LogP contribution in [0.3, 0.4) is 0 Å². The van der Waals surface area contributed by atoms with Crippen LogP contribution in [0.15, 0.2) is 59.5 Å². The molecule has 2 heterocycles. The molecule has 0 bridgehead atoms. The summed E-state index contributed by atoms with van der Waals surface area (Å²) < 4.78 is 1.76. The van der Waals surface area contributed by atoms with E-state index in [0.717, 1.165) is 44.8 Å². The van der Waals surface area contributed by atoms with Gasteiger partial charge in [0.15, 0.2) is 0 Å². The topological polar surface area (TPSA) is 48.7 Å². The summed E-state index contributed by atoms with van der Waals surface area (Å²) in [5, 5.41) is 10.3. The first-order chi connectivity index (χ1) is 11.7. The standard InChI is InChI=1S/C19H25N3O2/c23-18(17-6-2-1-3-7-17)16-21-12-10-20(11-13-21)14-15-22-9-5-4-8-19(22)24/h1-9,18,23H,10-16H2/t18-/m0/s1. The molecule has 1 atom stereocenters. The number of aliphatic hydroxyl groups is 1. The number of hydrogen-bond acceptors (Lipinski definition) is 4. The Labute approximate surface area is 142 Å². The molecule has 5 nitrogen and oxygen atoms in total. The molecule has 1 saturated heterocycles. The molecular formula is C19H25N3O2. The molecule has 128 valence electrons. The van der Waals surface area contributed by atoms with Gasteiger partial charge in [0.05, 0.1) is 6.10 Å². The first-order valence-corrected chi connectivity index (χ1v) is 8.55. The van der Waals surface area contributed by atoms with Crippen LogP contribution in [0.5, 0.6) is 0 Å². The number of nitrogens with zero attached hydrogens (tertiary/aromatic N) is 3. The van der Waals surface area contributed by atoms with Gasteiger partial charge in [-0.05, 0) is 11.6 Å². The van der Waals surface area contributed by atoms with Gasteiger partial charge in [-0.15, -0.1) is 0 Å². The predicted molar refractivity (Wildman–Crippen MR) is 95.0 cm³/mol. The SMILES string of the molecule is O=c1ccccn1CCN1CCN(C[C@H](O)c2ccccc2)CC1. The second-order valence-corrected chi connectivity index (χ2v) is 6.30. The fraction of sp³-hybridized carbons (Fsp3) is 0.421. The zero-order valence-electron chi connectivity index (χ0n) is 13.9. The summed E-state index contributed by atoms with van der Waals surface area (Å²) in [6.45, 7) is 6.15. The Morgan fingerprint density at radius 2 is 1.54 bits per heavy atom. The number of benzene rings is 1. The Hall–Kier alpha value is -1.95. The minimum Gasteiger partial charge on any atom is -0.387 e. The number of piperazine rings is 1. The Balaban J connectivity index is 1.43. The molecule has 1 aromatic heterocycles. The molecular weight excluding hydrogens is 302 g/mol. The zero-order chi connectivity index (χ0) is 16.8. The van der Waals surface area contributed by atoms with E-state index in [1.165, 1.54) is 0 Å². The summed E-state index contributed by atoms with van der Waals surface area (Å²) in [6.07, 6.45) is 1.41. The molecule has 5 heteroatoms. The average molecular weight is 327 g/mol. The number of aromatic nitrogens is 1. The summed E-state index contributed by atoms with van der Waals surface area (Å²) in [6, 6.07) is 15.1.